The molecule has 1 aromatic rings. The minimum absolute atomic E-state index is 0.140. The highest BCUT2D eigenvalue weighted by Gasteiger charge is 2.23. The molecular formula is C14H20N2O4. The Morgan fingerprint density at radius 2 is 2.20 bits per heavy atom. The normalized spacial score (nSPS) is 14.8. The highest BCUT2D eigenvalue weighted by Crippen LogP contribution is 2.34. The van der Waals surface area contributed by atoms with Gasteiger partial charge in [-0.05, 0) is 12.1 Å². The van der Waals surface area contributed by atoms with Crippen LogP contribution in [0.15, 0.2) is 18.2 Å². The molecule has 0 saturated carbocycles. The van der Waals surface area contributed by atoms with Gasteiger partial charge in [-0.25, -0.2) is 0 Å². The van der Waals surface area contributed by atoms with E-state index in [1.165, 1.54) is 0 Å². The molecule has 1 aromatic carbocycles. The topological polar surface area (TPSA) is 74.0 Å². The lowest BCUT2D eigenvalue weighted by atomic mass is 10.1. The van der Waals surface area contributed by atoms with E-state index >= 15 is 0 Å². The third-order valence-corrected chi connectivity index (χ3v) is 3.03. The van der Waals surface area contributed by atoms with Crippen LogP contribution in [0.1, 0.15) is 10.4 Å². The zero-order valence-corrected chi connectivity index (χ0v) is 11.8. The number of ether oxygens (including phenoxy) is 3. The quantitative estimate of drug-likeness (QED) is 0.850. The molecule has 0 spiro atoms. The molecule has 1 heterocycles. The second-order valence-electron chi connectivity index (χ2n) is 4.73. The van der Waals surface area contributed by atoms with Crippen LogP contribution in [0.5, 0.6) is 11.5 Å². The van der Waals surface area contributed by atoms with Crippen LogP contribution >= 0.6 is 0 Å². The summed E-state index contributed by atoms with van der Waals surface area (Å²) in [7, 11) is 3.29. The second kappa shape index (κ2) is 6.58. The van der Waals surface area contributed by atoms with E-state index in [0.29, 0.717) is 43.4 Å². The Balaban J connectivity index is 2.12. The molecule has 0 radical (unpaired) electrons. The highest BCUT2D eigenvalue weighted by molar-refractivity contribution is 5.97. The third-order valence-electron chi connectivity index (χ3n) is 3.03. The predicted octanol–water partition coefficient (Wildman–Crippen LogP) is 0.504. The first-order chi connectivity index (χ1) is 9.63. The summed E-state index contributed by atoms with van der Waals surface area (Å²) in [6.07, 6.45) is 0. The van der Waals surface area contributed by atoms with E-state index in [1.807, 2.05) is 0 Å². The number of fused-ring (bicyclic) bond motifs is 1. The van der Waals surface area contributed by atoms with Crippen LogP contribution < -0.4 is 15.2 Å². The summed E-state index contributed by atoms with van der Waals surface area (Å²) in [6.45, 7) is 1.77. The molecule has 2 N–H and O–H groups in total. The Kier molecular flexibility index (Phi) is 4.81. The molecule has 1 amide bonds. The average molecular weight is 280 g/mol. The summed E-state index contributed by atoms with van der Waals surface area (Å²) >= 11 is 0. The third kappa shape index (κ3) is 3.20. The largest absolute Gasteiger partial charge is 0.486 e. The van der Waals surface area contributed by atoms with E-state index in [4.69, 9.17) is 19.9 Å². The number of hydrogen-bond donors (Lipinski definition) is 1. The van der Waals surface area contributed by atoms with Crippen LogP contribution in [-0.4, -0.2) is 57.4 Å². The van der Waals surface area contributed by atoms with E-state index < -0.39 is 0 Å². The fourth-order valence-corrected chi connectivity index (χ4v) is 2.15. The molecule has 1 unspecified atom stereocenters. The van der Waals surface area contributed by atoms with Gasteiger partial charge < -0.3 is 24.8 Å². The van der Waals surface area contributed by atoms with Crippen molar-refractivity contribution in [2.45, 2.75) is 6.04 Å². The maximum Gasteiger partial charge on any atom is 0.257 e. The number of benzene rings is 1. The van der Waals surface area contributed by atoms with Crippen LogP contribution in [-0.2, 0) is 4.74 Å². The molecule has 110 valence electrons. The first-order valence-electron chi connectivity index (χ1n) is 6.52. The molecule has 0 saturated heterocycles. The van der Waals surface area contributed by atoms with E-state index in [9.17, 15) is 4.79 Å². The van der Waals surface area contributed by atoms with Gasteiger partial charge in [0.1, 0.15) is 13.2 Å². The molecule has 6 heteroatoms. The number of para-hydroxylation sites is 1. The fourth-order valence-electron chi connectivity index (χ4n) is 2.15. The summed E-state index contributed by atoms with van der Waals surface area (Å²) in [4.78, 5) is 14.0. The summed E-state index contributed by atoms with van der Waals surface area (Å²) in [5.41, 5.74) is 6.36. The zero-order valence-electron chi connectivity index (χ0n) is 11.8. The molecule has 0 bridgehead atoms. The van der Waals surface area contributed by atoms with Gasteiger partial charge in [0.2, 0.25) is 0 Å². The van der Waals surface area contributed by atoms with Crippen molar-refractivity contribution < 1.29 is 19.0 Å². The zero-order chi connectivity index (χ0) is 14.5. The lowest BCUT2D eigenvalue weighted by Gasteiger charge is -2.24. The van der Waals surface area contributed by atoms with Gasteiger partial charge in [-0.15, -0.1) is 0 Å². The molecule has 20 heavy (non-hydrogen) atoms. The van der Waals surface area contributed by atoms with E-state index in [2.05, 4.69) is 0 Å². The van der Waals surface area contributed by atoms with Crippen molar-refractivity contribution in [3.63, 3.8) is 0 Å². The van der Waals surface area contributed by atoms with Gasteiger partial charge in [-0.3, -0.25) is 4.79 Å². The predicted molar refractivity (Wildman–Crippen MR) is 74.2 cm³/mol. The summed E-state index contributed by atoms with van der Waals surface area (Å²) in [5, 5.41) is 0. The lowest BCUT2D eigenvalue weighted by molar-refractivity contribution is 0.0754. The maximum atomic E-state index is 12.5. The maximum absolute atomic E-state index is 12.5. The molecule has 1 aliphatic heterocycles. The molecule has 2 rings (SSSR count). The van der Waals surface area contributed by atoms with Crippen LogP contribution in [0.2, 0.25) is 0 Å². The second-order valence-corrected chi connectivity index (χ2v) is 4.73. The van der Waals surface area contributed by atoms with E-state index in [1.54, 1.807) is 37.3 Å². The number of rotatable bonds is 5. The number of likely N-dealkylation sites (N-methyl/N-ethyl adjacent to an activating group) is 1. The standard InChI is InChI=1S/C14H20N2O4/c1-16(8-10(15)9-18-2)14(17)11-4-3-5-12-13(11)20-7-6-19-12/h3-5,10H,6-9,15H2,1-2H3. The molecule has 1 atom stereocenters. The Morgan fingerprint density at radius 1 is 1.45 bits per heavy atom. The van der Waals surface area contributed by atoms with Crippen molar-refractivity contribution >= 4 is 5.91 Å². The monoisotopic (exact) mass is 280 g/mol. The molecule has 6 nitrogen and oxygen atoms in total. The Labute approximate surface area is 118 Å². The van der Waals surface area contributed by atoms with Gasteiger partial charge in [0, 0.05) is 26.7 Å². The van der Waals surface area contributed by atoms with Gasteiger partial charge in [0.25, 0.3) is 5.91 Å². The smallest absolute Gasteiger partial charge is 0.257 e. The number of nitrogens with two attached hydrogens (primary N) is 1. The first kappa shape index (κ1) is 14.6. The van der Waals surface area contributed by atoms with Gasteiger partial charge in [0.05, 0.1) is 12.2 Å². The van der Waals surface area contributed by atoms with Crippen LogP contribution in [0, 0.1) is 0 Å². The number of hydrogen-bond acceptors (Lipinski definition) is 5. The van der Waals surface area contributed by atoms with Crippen LogP contribution in [0.3, 0.4) is 0 Å². The summed E-state index contributed by atoms with van der Waals surface area (Å²) in [6, 6.07) is 5.09. The average Bonchev–Trinajstić information content (AvgIpc) is 2.46. The molecule has 0 aliphatic carbocycles. The highest BCUT2D eigenvalue weighted by atomic mass is 16.6. The van der Waals surface area contributed by atoms with E-state index in [0.717, 1.165) is 0 Å². The van der Waals surface area contributed by atoms with Crippen LogP contribution in [0.25, 0.3) is 0 Å². The summed E-state index contributed by atoms with van der Waals surface area (Å²) < 4.78 is 16.0. The van der Waals surface area contributed by atoms with Crippen molar-refractivity contribution in [3.8, 4) is 11.5 Å². The Bertz CT molecular complexity index is 478. The SMILES string of the molecule is COCC(N)CN(C)C(=O)c1cccc2c1OCCO2. The van der Waals surface area contributed by atoms with Gasteiger partial charge in [-0.2, -0.15) is 0 Å². The fraction of sp³-hybridized carbons (Fsp3) is 0.500. The number of amides is 1. The van der Waals surface area contributed by atoms with Gasteiger partial charge >= 0.3 is 0 Å². The number of carbonyl (C=O) groups is 1. The Hall–Kier alpha value is -1.79. The molecule has 0 fully saturated rings. The molecular weight excluding hydrogens is 260 g/mol. The van der Waals surface area contributed by atoms with Crippen molar-refractivity contribution in [2.24, 2.45) is 5.73 Å². The van der Waals surface area contributed by atoms with Crippen molar-refractivity contribution in [3.05, 3.63) is 23.8 Å². The molecule has 1 aliphatic rings. The lowest BCUT2D eigenvalue weighted by Crippen LogP contribution is -2.41. The van der Waals surface area contributed by atoms with Crippen LogP contribution in [0.4, 0.5) is 0 Å². The van der Waals surface area contributed by atoms with Crippen molar-refractivity contribution in [1.82, 2.24) is 4.90 Å². The Morgan fingerprint density at radius 3 is 2.95 bits per heavy atom. The molecule has 0 aromatic heterocycles. The van der Waals surface area contributed by atoms with Crippen molar-refractivity contribution in [2.75, 3.05) is 40.5 Å². The summed E-state index contributed by atoms with van der Waals surface area (Å²) in [5.74, 6) is 0.978. The number of methoxy groups -OCH3 is 1. The number of nitrogens with zero attached hydrogens (tertiary/aromatic N) is 1. The first-order valence-corrected chi connectivity index (χ1v) is 6.52. The minimum atomic E-state index is -0.217. The van der Waals surface area contributed by atoms with Gasteiger partial charge in [-0.1, -0.05) is 6.07 Å². The minimum Gasteiger partial charge on any atom is -0.486 e. The van der Waals surface area contributed by atoms with Gasteiger partial charge in [0.15, 0.2) is 11.5 Å². The number of carbonyl (C=O) groups excluding carboxylic acids is 1. The van der Waals surface area contributed by atoms with E-state index in [-0.39, 0.29) is 11.9 Å². The van der Waals surface area contributed by atoms with Crippen molar-refractivity contribution in [1.29, 1.82) is 0 Å².